The largest absolute Gasteiger partial charge is 0.508 e. The minimum atomic E-state index is -0.630. The van der Waals surface area contributed by atoms with Crippen LogP contribution < -0.4 is 5.32 Å². The first kappa shape index (κ1) is 21.1. The first-order valence-corrected chi connectivity index (χ1v) is 9.17. The summed E-state index contributed by atoms with van der Waals surface area (Å²) in [6, 6.07) is 10.1. The van der Waals surface area contributed by atoms with E-state index in [0.717, 1.165) is 18.7 Å². The lowest BCUT2D eigenvalue weighted by Gasteiger charge is -2.28. The molecule has 0 saturated carbocycles. The second-order valence-electron chi connectivity index (χ2n) is 7.30. The summed E-state index contributed by atoms with van der Waals surface area (Å²) in [5, 5.41) is 13.3. The summed E-state index contributed by atoms with van der Waals surface area (Å²) in [4.78, 5) is 26.9. The van der Waals surface area contributed by atoms with E-state index in [4.69, 9.17) is 4.74 Å². The Morgan fingerprint density at radius 1 is 1.17 bits per heavy atom. The molecule has 4 rings (SSSR count). The molecule has 2 heterocycles. The zero-order valence-electron chi connectivity index (χ0n) is 15.8. The summed E-state index contributed by atoms with van der Waals surface area (Å²) in [5.41, 5.74) is 1.06. The quantitative estimate of drug-likeness (QED) is 0.746. The Hall–Kier alpha value is -2.64. The number of esters is 1. The number of nitrogens with one attached hydrogen (secondary N) is 1. The third kappa shape index (κ3) is 3.93. The number of rotatable bonds is 3. The molecule has 6 nitrogen and oxygen atoms in total. The molecule has 2 aromatic rings. The fourth-order valence-corrected chi connectivity index (χ4v) is 4.38. The van der Waals surface area contributed by atoms with E-state index in [1.165, 1.54) is 37.4 Å². The van der Waals surface area contributed by atoms with Crippen molar-refractivity contribution in [3.63, 3.8) is 0 Å². The van der Waals surface area contributed by atoms with Gasteiger partial charge in [0.2, 0.25) is 0 Å². The molecule has 3 atom stereocenters. The second kappa shape index (κ2) is 8.39. The van der Waals surface area contributed by atoms with Gasteiger partial charge >= 0.3 is 5.97 Å². The molecule has 2 saturated heterocycles. The predicted molar refractivity (Wildman–Crippen MR) is 107 cm³/mol. The standard InChI is InChI=1S/C21H21FN2O4.ClH/c1-28-21(27)14-5-13(7-17(25)8-14)20(26)24-11-15-9-23-10-18(15)19(24)12-3-2-4-16(22)6-12;/h2-8,15,18-19,23,25H,9-11H2,1H3;1H/t15-,18-,19-;/m0./s1. The minimum absolute atomic E-state index is 0. The number of phenolic OH excluding ortho intramolecular Hbond substituents is 1. The van der Waals surface area contributed by atoms with Gasteiger partial charge in [-0.05, 0) is 41.8 Å². The van der Waals surface area contributed by atoms with Crippen molar-refractivity contribution < 1.29 is 23.8 Å². The maximum Gasteiger partial charge on any atom is 0.338 e. The lowest BCUT2D eigenvalue weighted by molar-refractivity contribution is 0.0600. The molecule has 154 valence electrons. The van der Waals surface area contributed by atoms with Gasteiger partial charge in [-0.15, -0.1) is 12.4 Å². The van der Waals surface area contributed by atoms with Crippen LogP contribution in [0.2, 0.25) is 0 Å². The molecular formula is C21H22ClFN2O4. The van der Waals surface area contributed by atoms with Gasteiger partial charge in [-0.2, -0.15) is 0 Å². The van der Waals surface area contributed by atoms with Crippen LogP contribution in [-0.4, -0.2) is 48.6 Å². The first-order valence-electron chi connectivity index (χ1n) is 9.17. The fraction of sp³-hybridized carbons (Fsp3) is 0.333. The van der Waals surface area contributed by atoms with Crippen LogP contribution in [0.25, 0.3) is 0 Å². The third-order valence-electron chi connectivity index (χ3n) is 5.60. The number of hydrogen-bond acceptors (Lipinski definition) is 5. The Morgan fingerprint density at radius 3 is 2.66 bits per heavy atom. The molecule has 2 aliphatic rings. The molecule has 0 spiro atoms. The summed E-state index contributed by atoms with van der Waals surface area (Å²) in [5.74, 6) is -1.00. The van der Waals surface area contributed by atoms with Crippen LogP contribution in [0.1, 0.15) is 32.3 Å². The van der Waals surface area contributed by atoms with Gasteiger partial charge in [0.05, 0.1) is 18.7 Å². The van der Waals surface area contributed by atoms with Crippen LogP contribution in [-0.2, 0) is 4.74 Å². The molecule has 0 bridgehead atoms. The van der Waals surface area contributed by atoms with Crippen molar-refractivity contribution in [3.05, 3.63) is 65.0 Å². The molecule has 1 amide bonds. The molecule has 0 unspecified atom stereocenters. The molecule has 2 aliphatic heterocycles. The van der Waals surface area contributed by atoms with E-state index in [0.29, 0.717) is 6.54 Å². The topological polar surface area (TPSA) is 78.9 Å². The van der Waals surface area contributed by atoms with Crippen molar-refractivity contribution in [3.8, 4) is 5.75 Å². The number of carbonyl (C=O) groups is 2. The van der Waals surface area contributed by atoms with Crippen molar-refractivity contribution in [2.75, 3.05) is 26.7 Å². The number of hydrogen-bond donors (Lipinski definition) is 2. The molecule has 2 fully saturated rings. The highest BCUT2D eigenvalue weighted by Gasteiger charge is 2.47. The molecule has 29 heavy (non-hydrogen) atoms. The maximum absolute atomic E-state index is 13.8. The summed E-state index contributed by atoms with van der Waals surface area (Å²) in [6.45, 7) is 2.08. The van der Waals surface area contributed by atoms with Crippen molar-refractivity contribution in [2.24, 2.45) is 11.8 Å². The highest BCUT2D eigenvalue weighted by atomic mass is 35.5. The lowest BCUT2D eigenvalue weighted by Crippen LogP contribution is -2.34. The Labute approximate surface area is 174 Å². The summed E-state index contributed by atoms with van der Waals surface area (Å²) in [7, 11) is 1.24. The number of carbonyl (C=O) groups excluding carboxylic acids is 2. The van der Waals surface area contributed by atoms with E-state index in [-0.39, 0.29) is 58.9 Å². The zero-order chi connectivity index (χ0) is 19.8. The monoisotopic (exact) mass is 420 g/mol. The third-order valence-corrected chi connectivity index (χ3v) is 5.60. The van der Waals surface area contributed by atoms with Gasteiger partial charge in [0, 0.05) is 31.1 Å². The van der Waals surface area contributed by atoms with Gasteiger partial charge in [-0.25, -0.2) is 9.18 Å². The summed E-state index contributed by atoms with van der Waals surface area (Å²) in [6.07, 6.45) is 0. The maximum atomic E-state index is 13.8. The highest BCUT2D eigenvalue weighted by Crippen LogP contribution is 2.43. The van der Waals surface area contributed by atoms with Crippen LogP contribution in [0.15, 0.2) is 42.5 Å². The summed E-state index contributed by atoms with van der Waals surface area (Å²) < 4.78 is 18.5. The van der Waals surface area contributed by atoms with Crippen molar-refractivity contribution in [2.45, 2.75) is 6.04 Å². The molecule has 0 aliphatic carbocycles. The van der Waals surface area contributed by atoms with Gasteiger partial charge in [0.15, 0.2) is 0 Å². The van der Waals surface area contributed by atoms with Gasteiger partial charge in [0.25, 0.3) is 5.91 Å². The van der Waals surface area contributed by atoms with Gasteiger partial charge in [0.1, 0.15) is 11.6 Å². The summed E-state index contributed by atoms with van der Waals surface area (Å²) >= 11 is 0. The number of benzene rings is 2. The molecule has 2 N–H and O–H groups in total. The lowest BCUT2D eigenvalue weighted by atomic mass is 9.89. The number of ether oxygens (including phenoxy) is 1. The van der Waals surface area contributed by atoms with Crippen LogP contribution in [0.3, 0.4) is 0 Å². The Morgan fingerprint density at radius 2 is 1.93 bits per heavy atom. The van der Waals surface area contributed by atoms with Crippen LogP contribution >= 0.6 is 12.4 Å². The molecule has 0 radical (unpaired) electrons. The van der Waals surface area contributed by atoms with Crippen molar-refractivity contribution in [1.82, 2.24) is 10.2 Å². The molecule has 8 heteroatoms. The normalized spacial score (nSPS) is 22.7. The average molecular weight is 421 g/mol. The van der Waals surface area contributed by atoms with E-state index in [9.17, 15) is 19.1 Å². The molecule has 2 aromatic carbocycles. The average Bonchev–Trinajstić information content (AvgIpc) is 3.27. The number of aromatic hydroxyl groups is 1. The van der Waals surface area contributed by atoms with Crippen molar-refractivity contribution in [1.29, 1.82) is 0 Å². The zero-order valence-corrected chi connectivity index (χ0v) is 16.6. The van der Waals surface area contributed by atoms with Gasteiger partial charge < -0.3 is 20.1 Å². The van der Waals surface area contributed by atoms with E-state index in [1.807, 2.05) is 6.07 Å². The van der Waals surface area contributed by atoms with Gasteiger partial charge in [-0.3, -0.25) is 4.79 Å². The number of fused-ring (bicyclic) bond motifs is 1. The number of amides is 1. The van der Waals surface area contributed by atoms with Crippen LogP contribution in [0, 0.1) is 17.7 Å². The first-order chi connectivity index (χ1) is 13.5. The SMILES string of the molecule is COC(=O)c1cc(O)cc(C(=O)N2C[C@@H]3CNC[C@@H]3[C@@H]2c2cccc(F)c2)c1.Cl. The number of likely N-dealkylation sites (tertiary alicyclic amines) is 1. The highest BCUT2D eigenvalue weighted by molar-refractivity contribution is 5.99. The van der Waals surface area contributed by atoms with Crippen LogP contribution in [0.4, 0.5) is 4.39 Å². The Bertz CT molecular complexity index is 939. The number of nitrogens with zero attached hydrogens (tertiary/aromatic N) is 1. The Balaban J connectivity index is 0.00000240. The minimum Gasteiger partial charge on any atom is -0.508 e. The van der Waals surface area contributed by atoms with Crippen molar-refractivity contribution >= 4 is 24.3 Å². The van der Waals surface area contributed by atoms with Gasteiger partial charge in [-0.1, -0.05) is 12.1 Å². The van der Waals surface area contributed by atoms with E-state index in [2.05, 4.69) is 5.32 Å². The fourth-order valence-electron chi connectivity index (χ4n) is 4.38. The Kier molecular flexibility index (Phi) is 6.10. The second-order valence-corrected chi connectivity index (χ2v) is 7.30. The number of methoxy groups -OCH3 is 1. The number of phenols is 1. The van der Waals surface area contributed by atoms with Crippen LogP contribution in [0.5, 0.6) is 5.75 Å². The molecule has 0 aromatic heterocycles. The van der Waals surface area contributed by atoms with E-state index >= 15 is 0 Å². The predicted octanol–water partition coefficient (Wildman–Crippen LogP) is 2.77. The van der Waals surface area contributed by atoms with E-state index in [1.54, 1.807) is 11.0 Å². The smallest absolute Gasteiger partial charge is 0.338 e. The number of halogens is 2. The molecular weight excluding hydrogens is 399 g/mol. The van der Waals surface area contributed by atoms with E-state index < -0.39 is 5.97 Å².